The lowest BCUT2D eigenvalue weighted by Gasteiger charge is -2.24. The molecule has 9 nitrogen and oxygen atoms in total. The second-order valence-corrected chi connectivity index (χ2v) is 6.64. The highest BCUT2D eigenvalue weighted by atomic mass is 32.2. The third-order valence-corrected chi connectivity index (χ3v) is 4.12. The molecule has 0 saturated heterocycles. The molecule has 140 valence electrons. The van der Waals surface area contributed by atoms with E-state index >= 15 is 0 Å². The van der Waals surface area contributed by atoms with Crippen molar-refractivity contribution in [2.45, 2.75) is 25.6 Å². The van der Waals surface area contributed by atoms with E-state index in [1.54, 1.807) is 11.5 Å². The lowest BCUT2D eigenvalue weighted by Crippen LogP contribution is -2.39. The summed E-state index contributed by atoms with van der Waals surface area (Å²) >= 11 is 0.747. The molecule has 0 amide bonds. The van der Waals surface area contributed by atoms with Gasteiger partial charge >= 0.3 is 0 Å². The van der Waals surface area contributed by atoms with Crippen LogP contribution in [0.3, 0.4) is 0 Å². The van der Waals surface area contributed by atoms with Crippen molar-refractivity contribution in [2.24, 2.45) is 10.1 Å². The molecule has 1 aromatic carbocycles. The van der Waals surface area contributed by atoms with Crippen LogP contribution >= 0.6 is 11.8 Å². The number of aliphatic imine (C=N–C) groups is 1. The summed E-state index contributed by atoms with van der Waals surface area (Å²) < 4.78 is 13.3. The van der Waals surface area contributed by atoms with Crippen molar-refractivity contribution in [2.75, 3.05) is 5.75 Å². The average molecular weight is 383 g/mol. The fourth-order valence-corrected chi connectivity index (χ4v) is 2.57. The molecule has 0 aliphatic heterocycles. The largest absolute Gasteiger partial charge is 0.410 e. The molecule has 0 fully saturated rings. The lowest BCUT2D eigenvalue weighted by molar-refractivity contribution is -0.0349. The number of nitriles is 1. The Labute approximate surface area is 153 Å². The maximum absolute atomic E-state index is 13.3. The Morgan fingerprint density at radius 3 is 2.65 bits per heavy atom. The molecule has 11 heteroatoms. The van der Waals surface area contributed by atoms with Crippen LogP contribution in [0, 0.1) is 22.6 Å². The van der Waals surface area contributed by atoms with Crippen LogP contribution in [0.4, 0.5) is 10.1 Å². The third kappa shape index (κ3) is 5.78. The lowest BCUT2D eigenvalue weighted by atomic mass is 10.0. The van der Waals surface area contributed by atoms with Gasteiger partial charge in [0.05, 0.1) is 23.0 Å². The number of rotatable bonds is 6. The van der Waals surface area contributed by atoms with Crippen LogP contribution in [0.15, 0.2) is 28.3 Å². The topological polar surface area (TPSA) is 165 Å². The van der Waals surface area contributed by atoms with Gasteiger partial charge in [-0.2, -0.15) is 5.26 Å². The highest BCUT2D eigenvalue weighted by Crippen LogP contribution is 2.19. The predicted molar refractivity (Wildman–Crippen MR) is 94.8 cm³/mol. The normalized spacial score (nSPS) is 13.9. The van der Waals surface area contributed by atoms with E-state index in [2.05, 4.69) is 10.1 Å². The van der Waals surface area contributed by atoms with Crippen molar-refractivity contribution in [3.05, 3.63) is 29.6 Å². The van der Waals surface area contributed by atoms with Crippen molar-refractivity contribution in [1.29, 1.82) is 10.7 Å². The van der Waals surface area contributed by atoms with E-state index in [-0.39, 0.29) is 22.0 Å². The maximum Gasteiger partial charge on any atom is 0.182 e. The number of halogens is 1. The number of amidine groups is 1. The van der Waals surface area contributed by atoms with Crippen molar-refractivity contribution in [1.82, 2.24) is 5.48 Å². The van der Waals surface area contributed by atoms with Crippen molar-refractivity contribution >= 4 is 34.0 Å². The van der Waals surface area contributed by atoms with Gasteiger partial charge in [0.1, 0.15) is 16.9 Å². The zero-order valence-corrected chi connectivity index (χ0v) is 14.7. The average Bonchev–Trinajstić information content (AvgIpc) is 2.59. The van der Waals surface area contributed by atoms with Crippen molar-refractivity contribution < 1.29 is 25.0 Å². The molecule has 0 aliphatic carbocycles. The standard InChI is InChI=1S/C15H18FN5O4S/c1-15(2,23)11(22)7-26-13(18)12(20-24)14(21-25)19-9-3-4-10(16)8(5-9)6-17/h3-5,11,18,22-25H,7H2,1-2H3,(H,19,21)/b18-13?,20-12+/t11-/m0/s1. The summed E-state index contributed by atoms with van der Waals surface area (Å²) in [4.78, 5) is 3.88. The summed E-state index contributed by atoms with van der Waals surface area (Å²) in [5.41, 5.74) is -0.387. The Bertz CT molecular complexity index is 770. The van der Waals surface area contributed by atoms with Gasteiger partial charge in [-0.1, -0.05) is 5.16 Å². The minimum absolute atomic E-state index is 0.0648. The van der Waals surface area contributed by atoms with Crippen LogP contribution in [-0.4, -0.2) is 54.7 Å². The van der Waals surface area contributed by atoms with Crippen LogP contribution in [0.5, 0.6) is 0 Å². The first-order valence-electron chi connectivity index (χ1n) is 7.17. The zero-order valence-electron chi connectivity index (χ0n) is 13.9. The SMILES string of the molecule is CC(C)(O)[C@@H](O)CSC(=N)/C(=N\O)C(=Nc1ccc(F)c(C#N)c1)NO. The van der Waals surface area contributed by atoms with E-state index in [1.165, 1.54) is 19.9 Å². The molecule has 1 rings (SSSR count). The molecule has 0 aromatic heterocycles. The first kappa shape index (κ1) is 21.5. The molecule has 26 heavy (non-hydrogen) atoms. The van der Waals surface area contributed by atoms with Crippen LogP contribution < -0.4 is 5.48 Å². The number of benzene rings is 1. The van der Waals surface area contributed by atoms with Crippen LogP contribution in [0.2, 0.25) is 0 Å². The van der Waals surface area contributed by atoms with Gasteiger partial charge in [-0.15, -0.1) is 11.8 Å². The summed E-state index contributed by atoms with van der Waals surface area (Å²) in [6.45, 7) is 2.79. The number of hydrogen-bond donors (Lipinski definition) is 6. The first-order valence-corrected chi connectivity index (χ1v) is 8.15. The van der Waals surface area contributed by atoms with E-state index in [0.29, 0.717) is 0 Å². The summed E-state index contributed by atoms with van der Waals surface area (Å²) in [6, 6.07) is 4.96. The van der Waals surface area contributed by atoms with E-state index in [9.17, 15) is 19.8 Å². The molecule has 0 unspecified atom stereocenters. The molecule has 0 saturated carbocycles. The second kappa shape index (κ2) is 9.25. The Morgan fingerprint density at radius 1 is 1.50 bits per heavy atom. The Balaban J connectivity index is 3.02. The summed E-state index contributed by atoms with van der Waals surface area (Å²) in [5.74, 6) is -1.27. The third-order valence-electron chi connectivity index (χ3n) is 3.16. The molecule has 0 heterocycles. The number of nitrogens with one attached hydrogen (secondary N) is 2. The maximum atomic E-state index is 13.3. The van der Waals surface area contributed by atoms with Gasteiger partial charge in [0.2, 0.25) is 0 Å². The van der Waals surface area contributed by atoms with E-state index in [4.69, 9.17) is 15.9 Å². The molecular formula is C15H18FN5O4S. The fourth-order valence-electron chi connectivity index (χ4n) is 1.56. The highest BCUT2D eigenvalue weighted by molar-refractivity contribution is 8.15. The summed E-state index contributed by atoms with van der Waals surface area (Å²) in [7, 11) is 0. The van der Waals surface area contributed by atoms with Gasteiger partial charge in [0.25, 0.3) is 0 Å². The number of thioether (sulfide) groups is 1. The number of oxime groups is 1. The minimum Gasteiger partial charge on any atom is -0.410 e. The summed E-state index contributed by atoms with van der Waals surface area (Å²) in [6.07, 6.45) is -1.16. The number of hydroxylamine groups is 1. The Kier molecular flexibility index (Phi) is 7.66. The molecular weight excluding hydrogens is 365 g/mol. The van der Waals surface area contributed by atoms with Crippen LogP contribution in [0.25, 0.3) is 0 Å². The quantitative estimate of drug-likeness (QED) is 0.187. The number of hydrogen-bond acceptors (Lipinski definition) is 9. The molecule has 0 bridgehead atoms. The zero-order chi connectivity index (χ0) is 19.9. The van der Waals surface area contributed by atoms with Gasteiger partial charge in [0, 0.05) is 5.75 Å². The van der Waals surface area contributed by atoms with E-state index in [1.807, 2.05) is 0 Å². The second-order valence-electron chi connectivity index (χ2n) is 5.61. The van der Waals surface area contributed by atoms with Gasteiger partial charge in [-0.05, 0) is 32.0 Å². The first-order chi connectivity index (χ1) is 12.1. The Morgan fingerprint density at radius 2 is 2.15 bits per heavy atom. The number of aliphatic hydroxyl groups is 2. The smallest absolute Gasteiger partial charge is 0.182 e. The number of nitrogens with zero attached hydrogens (tertiary/aromatic N) is 3. The van der Waals surface area contributed by atoms with E-state index in [0.717, 1.165) is 23.9 Å². The van der Waals surface area contributed by atoms with Gasteiger partial charge in [0.15, 0.2) is 11.5 Å². The molecule has 6 N–H and O–H groups in total. The Hall–Kier alpha value is -2.52. The fraction of sp³-hybridized carbons (Fsp3) is 0.333. The molecule has 0 aliphatic rings. The van der Waals surface area contributed by atoms with Gasteiger partial charge in [-0.25, -0.2) is 9.38 Å². The van der Waals surface area contributed by atoms with Crippen molar-refractivity contribution in [3.63, 3.8) is 0 Å². The van der Waals surface area contributed by atoms with E-state index < -0.39 is 29.1 Å². The predicted octanol–water partition coefficient (Wildman–Crippen LogP) is 1.38. The monoisotopic (exact) mass is 383 g/mol. The molecule has 0 radical (unpaired) electrons. The molecule has 1 aromatic rings. The van der Waals surface area contributed by atoms with Crippen LogP contribution in [0.1, 0.15) is 19.4 Å². The van der Waals surface area contributed by atoms with Crippen LogP contribution in [-0.2, 0) is 0 Å². The minimum atomic E-state index is -1.39. The van der Waals surface area contributed by atoms with Gasteiger partial charge < -0.3 is 15.4 Å². The molecule has 0 spiro atoms. The number of aliphatic hydroxyl groups excluding tert-OH is 1. The highest BCUT2D eigenvalue weighted by Gasteiger charge is 2.26. The molecule has 1 atom stereocenters. The van der Waals surface area contributed by atoms with Gasteiger partial charge in [-0.3, -0.25) is 16.1 Å². The summed E-state index contributed by atoms with van der Waals surface area (Å²) in [5, 5.41) is 57.0. The van der Waals surface area contributed by atoms with Crippen molar-refractivity contribution in [3.8, 4) is 6.07 Å².